The number of pyridine rings is 3. The lowest BCUT2D eigenvalue weighted by Gasteiger charge is -2.36. The van der Waals surface area contributed by atoms with Crippen LogP contribution in [0.25, 0.3) is 11.0 Å². The number of aromatic amines is 1. The Bertz CT molecular complexity index is 1100. The fraction of sp³-hybridized carbons (Fsp3) is 0.316. The molecule has 7 nitrogen and oxygen atoms in total. The van der Waals surface area contributed by atoms with Crippen molar-refractivity contribution in [3.05, 3.63) is 57.1 Å². The van der Waals surface area contributed by atoms with Gasteiger partial charge in [0.15, 0.2) is 5.15 Å². The summed E-state index contributed by atoms with van der Waals surface area (Å²) in [5.74, 6) is 0.389. The van der Waals surface area contributed by atoms with E-state index in [1.165, 1.54) is 0 Å². The lowest BCUT2D eigenvalue weighted by molar-refractivity contribution is 0.150. The number of nitrogens with one attached hydrogen (secondary N) is 1. The molecule has 0 aromatic carbocycles. The summed E-state index contributed by atoms with van der Waals surface area (Å²) in [7, 11) is 0. The highest BCUT2D eigenvalue weighted by Gasteiger charge is 2.20. The molecule has 4 rings (SSSR count). The van der Waals surface area contributed by atoms with Gasteiger partial charge in [-0.15, -0.1) is 0 Å². The van der Waals surface area contributed by atoms with Crippen LogP contribution in [0.2, 0.25) is 5.15 Å². The molecule has 1 saturated heterocycles. The molecule has 1 fully saturated rings. The number of halogens is 3. The summed E-state index contributed by atoms with van der Waals surface area (Å²) in [6.45, 7) is 3.81. The van der Waals surface area contributed by atoms with Gasteiger partial charge in [0.2, 0.25) is 0 Å². The molecule has 0 spiro atoms. The number of alkyl halides is 2. The van der Waals surface area contributed by atoms with E-state index in [2.05, 4.69) is 24.8 Å². The first kappa shape index (κ1) is 19.5. The number of nitrogen functional groups attached to an aromatic ring is 1. The molecule has 10 heteroatoms. The van der Waals surface area contributed by atoms with Gasteiger partial charge in [0.1, 0.15) is 5.82 Å². The molecule has 3 aromatic rings. The molecule has 4 heterocycles. The van der Waals surface area contributed by atoms with Gasteiger partial charge in [0.25, 0.3) is 12.0 Å². The minimum atomic E-state index is -2.83. The number of fused-ring (bicyclic) bond motifs is 1. The number of rotatable bonds is 4. The molecule has 0 saturated carbocycles. The number of hydrogen-bond donors (Lipinski definition) is 2. The Morgan fingerprint density at radius 3 is 2.66 bits per heavy atom. The predicted molar refractivity (Wildman–Crippen MR) is 108 cm³/mol. The standard InChI is InChI=1S/C19H19ClF2N6O/c20-17-15(1-2-16(23)26-17)28-5-3-27(4-6-28)10-11-7-14-13(24-9-11)8-12(18(21)22)19(29)25-14/h1-2,7-9,18H,3-6,10H2,(H2,23,26)(H,25,29). The van der Waals surface area contributed by atoms with Crippen molar-refractivity contribution in [1.29, 1.82) is 0 Å². The topological polar surface area (TPSA) is 91.1 Å². The number of anilines is 2. The summed E-state index contributed by atoms with van der Waals surface area (Å²) >= 11 is 6.20. The minimum Gasteiger partial charge on any atom is -0.384 e. The van der Waals surface area contributed by atoms with Crippen molar-refractivity contribution in [3.63, 3.8) is 0 Å². The van der Waals surface area contributed by atoms with Crippen LogP contribution in [-0.4, -0.2) is 46.0 Å². The van der Waals surface area contributed by atoms with Crippen LogP contribution >= 0.6 is 11.6 Å². The first-order valence-corrected chi connectivity index (χ1v) is 9.48. The first-order chi connectivity index (χ1) is 13.9. The van der Waals surface area contributed by atoms with Gasteiger partial charge < -0.3 is 15.6 Å². The molecule has 0 radical (unpaired) electrons. The second-order valence-corrected chi connectivity index (χ2v) is 7.30. The third-order valence-electron chi connectivity index (χ3n) is 4.98. The third kappa shape index (κ3) is 4.15. The molecule has 3 N–H and O–H groups in total. The maximum Gasteiger partial charge on any atom is 0.269 e. The minimum absolute atomic E-state index is 0.346. The number of H-pyrrole nitrogens is 1. The summed E-state index contributed by atoms with van der Waals surface area (Å²) in [5.41, 5.74) is 6.86. The Kier molecular flexibility index (Phi) is 5.33. The van der Waals surface area contributed by atoms with Crippen LogP contribution in [0, 0.1) is 0 Å². The van der Waals surface area contributed by atoms with Crippen LogP contribution in [0.1, 0.15) is 17.6 Å². The number of nitrogens with two attached hydrogens (primary N) is 1. The second-order valence-electron chi connectivity index (χ2n) is 6.94. The summed E-state index contributed by atoms with van der Waals surface area (Å²) in [4.78, 5) is 27.0. The number of hydrogen-bond acceptors (Lipinski definition) is 6. The van der Waals surface area contributed by atoms with Gasteiger partial charge in [-0.05, 0) is 29.8 Å². The lowest BCUT2D eigenvalue weighted by Crippen LogP contribution is -2.46. The zero-order valence-electron chi connectivity index (χ0n) is 15.4. The van der Waals surface area contributed by atoms with E-state index in [4.69, 9.17) is 17.3 Å². The monoisotopic (exact) mass is 420 g/mol. The largest absolute Gasteiger partial charge is 0.384 e. The van der Waals surface area contributed by atoms with E-state index in [1.807, 2.05) is 6.07 Å². The Morgan fingerprint density at radius 1 is 1.21 bits per heavy atom. The third-order valence-corrected chi connectivity index (χ3v) is 5.26. The van der Waals surface area contributed by atoms with Gasteiger partial charge in [-0.3, -0.25) is 14.7 Å². The maximum absolute atomic E-state index is 12.9. The smallest absolute Gasteiger partial charge is 0.269 e. The summed E-state index contributed by atoms with van der Waals surface area (Å²) in [5, 5.41) is 0.393. The van der Waals surface area contributed by atoms with Crippen molar-refractivity contribution in [3.8, 4) is 0 Å². The summed E-state index contributed by atoms with van der Waals surface area (Å²) < 4.78 is 25.7. The van der Waals surface area contributed by atoms with E-state index < -0.39 is 17.5 Å². The molecule has 0 aliphatic carbocycles. The number of aromatic nitrogens is 3. The van der Waals surface area contributed by atoms with Crippen molar-refractivity contribution in [2.24, 2.45) is 0 Å². The maximum atomic E-state index is 12.9. The molecule has 29 heavy (non-hydrogen) atoms. The normalized spacial score (nSPS) is 15.4. The highest BCUT2D eigenvalue weighted by molar-refractivity contribution is 6.32. The fourth-order valence-corrected chi connectivity index (χ4v) is 3.75. The molecular weight excluding hydrogens is 402 g/mol. The Balaban J connectivity index is 1.44. The van der Waals surface area contributed by atoms with E-state index in [0.29, 0.717) is 28.5 Å². The second kappa shape index (κ2) is 7.92. The Hall–Kier alpha value is -2.78. The van der Waals surface area contributed by atoms with Gasteiger partial charge in [-0.1, -0.05) is 11.6 Å². The van der Waals surface area contributed by atoms with Crippen LogP contribution in [0.5, 0.6) is 0 Å². The summed E-state index contributed by atoms with van der Waals surface area (Å²) in [6, 6.07) is 6.53. The van der Waals surface area contributed by atoms with E-state index >= 15 is 0 Å². The molecular formula is C19H19ClF2N6O. The highest BCUT2D eigenvalue weighted by atomic mass is 35.5. The van der Waals surface area contributed by atoms with Crippen LogP contribution in [0.3, 0.4) is 0 Å². The molecule has 3 aromatic heterocycles. The Labute approximate surface area is 170 Å². The van der Waals surface area contributed by atoms with E-state index in [9.17, 15) is 13.6 Å². The first-order valence-electron chi connectivity index (χ1n) is 9.10. The van der Waals surface area contributed by atoms with Crippen LogP contribution in [0.4, 0.5) is 20.3 Å². The molecule has 0 atom stereocenters. The van der Waals surface area contributed by atoms with Crippen LogP contribution in [0.15, 0.2) is 35.3 Å². The van der Waals surface area contributed by atoms with Crippen molar-refractivity contribution >= 4 is 34.1 Å². The quantitative estimate of drug-likeness (QED) is 0.631. The zero-order valence-corrected chi connectivity index (χ0v) is 16.2. The van der Waals surface area contributed by atoms with Gasteiger partial charge in [-0.25, -0.2) is 13.8 Å². The molecule has 1 aliphatic rings. The average molecular weight is 421 g/mol. The predicted octanol–water partition coefficient (Wildman–Crippen LogP) is 2.81. The van der Waals surface area contributed by atoms with Gasteiger partial charge in [0.05, 0.1) is 22.3 Å². The Morgan fingerprint density at radius 2 is 1.97 bits per heavy atom. The average Bonchev–Trinajstić information content (AvgIpc) is 2.68. The van der Waals surface area contributed by atoms with E-state index in [-0.39, 0.29) is 0 Å². The fourth-order valence-electron chi connectivity index (χ4n) is 3.47. The summed E-state index contributed by atoms with van der Waals surface area (Å²) in [6.07, 6.45) is -1.17. The van der Waals surface area contributed by atoms with Crippen LogP contribution in [-0.2, 0) is 6.54 Å². The van der Waals surface area contributed by atoms with Gasteiger partial charge in [-0.2, -0.15) is 0 Å². The van der Waals surface area contributed by atoms with E-state index in [1.54, 1.807) is 18.3 Å². The van der Waals surface area contributed by atoms with Gasteiger partial charge in [0, 0.05) is 38.9 Å². The van der Waals surface area contributed by atoms with Gasteiger partial charge >= 0.3 is 0 Å². The van der Waals surface area contributed by atoms with Crippen molar-refractivity contribution in [1.82, 2.24) is 19.9 Å². The van der Waals surface area contributed by atoms with Crippen molar-refractivity contribution < 1.29 is 8.78 Å². The molecule has 1 aliphatic heterocycles. The lowest BCUT2D eigenvalue weighted by atomic mass is 10.2. The molecule has 0 amide bonds. The van der Waals surface area contributed by atoms with E-state index in [0.717, 1.165) is 43.5 Å². The zero-order chi connectivity index (χ0) is 20.5. The molecule has 0 unspecified atom stereocenters. The number of piperazine rings is 1. The van der Waals surface area contributed by atoms with Crippen molar-refractivity contribution in [2.45, 2.75) is 13.0 Å². The highest BCUT2D eigenvalue weighted by Crippen LogP contribution is 2.26. The number of nitrogens with zero attached hydrogens (tertiary/aromatic N) is 4. The molecule has 152 valence electrons. The van der Waals surface area contributed by atoms with Crippen LogP contribution < -0.4 is 16.2 Å². The van der Waals surface area contributed by atoms with Crippen molar-refractivity contribution in [2.75, 3.05) is 36.8 Å². The molecule has 0 bridgehead atoms. The SMILES string of the molecule is Nc1ccc(N2CCN(Cc3cnc4cc(C(F)F)c(=O)[nH]c4c3)CC2)c(Cl)n1.